The molecule has 3 aromatic rings. The number of anilines is 1. The number of hydrogen-bond donors (Lipinski definition) is 3. The second-order valence-electron chi connectivity index (χ2n) is 6.39. The standard InChI is InChI=1S/C20H18N2O6S/c1-12(21-14-8-4-6-10-17(14)29(26,27)28)11-16(23)18-19(24)13-7-3-5-9-15(13)22(2)20(18)25/h3-11,21,24H,1-2H3,(H,26,27,28). The molecule has 29 heavy (non-hydrogen) atoms. The minimum Gasteiger partial charge on any atom is -0.506 e. The van der Waals surface area contributed by atoms with Crippen LogP contribution in [0.2, 0.25) is 0 Å². The molecule has 3 rings (SSSR count). The van der Waals surface area contributed by atoms with Gasteiger partial charge in [0, 0.05) is 24.2 Å². The van der Waals surface area contributed by atoms with Crippen LogP contribution in [-0.4, -0.2) is 28.4 Å². The summed E-state index contributed by atoms with van der Waals surface area (Å²) in [4.78, 5) is 24.9. The summed E-state index contributed by atoms with van der Waals surface area (Å²) in [6, 6.07) is 12.2. The molecule has 0 amide bonds. The first-order chi connectivity index (χ1) is 13.6. The Balaban J connectivity index is 2.03. The molecule has 9 heteroatoms. The molecule has 1 heterocycles. The number of pyridine rings is 1. The third-order valence-corrected chi connectivity index (χ3v) is 5.28. The Morgan fingerprint density at radius 2 is 1.72 bits per heavy atom. The lowest BCUT2D eigenvalue weighted by Crippen LogP contribution is -2.24. The van der Waals surface area contributed by atoms with Crippen LogP contribution in [0.4, 0.5) is 5.69 Å². The number of ketones is 1. The van der Waals surface area contributed by atoms with E-state index in [2.05, 4.69) is 5.32 Å². The summed E-state index contributed by atoms with van der Waals surface area (Å²) < 4.78 is 33.5. The van der Waals surface area contributed by atoms with Gasteiger partial charge >= 0.3 is 0 Å². The van der Waals surface area contributed by atoms with Gasteiger partial charge in [-0.15, -0.1) is 0 Å². The Morgan fingerprint density at radius 1 is 1.10 bits per heavy atom. The Morgan fingerprint density at radius 3 is 2.41 bits per heavy atom. The van der Waals surface area contributed by atoms with Crippen LogP contribution in [0.5, 0.6) is 5.75 Å². The van der Waals surface area contributed by atoms with Gasteiger partial charge in [-0.05, 0) is 31.2 Å². The highest BCUT2D eigenvalue weighted by atomic mass is 32.2. The second-order valence-corrected chi connectivity index (χ2v) is 7.78. The van der Waals surface area contributed by atoms with Crippen LogP contribution in [-0.2, 0) is 17.2 Å². The average molecular weight is 414 g/mol. The summed E-state index contributed by atoms with van der Waals surface area (Å²) in [6.07, 6.45) is 1.08. The molecule has 150 valence electrons. The van der Waals surface area contributed by atoms with Crippen molar-refractivity contribution in [1.29, 1.82) is 0 Å². The predicted molar refractivity (Wildman–Crippen MR) is 109 cm³/mol. The second kappa shape index (κ2) is 7.53. The van der Waals surface area contributed by atoms with Gasteiger partial charge in [0.05, 0.1) is 11.2 Å². The van der Waals surface area contributed by atoms with E-state index < -0.39 is 32.8 Å². The summed E-state index contributed by atoms with van der Waals surface area (Å²) in [6.45, 7) is 1.49. The van der Waals surface area contributed by atoms with Gasteiger partial charge in [0.15, 0.2) is 5.78 Å². The largest absolute Gasteiger partial charge is 0.506 e. The Kier molecular flexibility index (Phi) is 5.27. The summed E-state index contributed by atoms with van der Waals surface area (Å²) >= 11 is 0. The van der Waals surface area contributed by atoms with Crippen molar-refractivity contribution in [3.8, 4) is 5.75 Å². The zero-order valence-electron chi connectivity index (χ0n) is 15.6. The van der Waals surface area contributed by atoms with Crippen LogP contribution in [0.1, 0.15) is 17.3 Å². The van der Waals surface area contributed by atoms with E-state index >= 15 is 0 Å². The van der Waals surface area contributed by atoms with Gasteiger partial charge < -0.3 is 15.0 Å². The van der Waals surface area contributed by atoms with Crippen LogP contribution < -0.4 is 10.9 Å². The molecule has 0 aliphatic rings. The number of carbonyl (C=O) groups is 1. The lowest BCUT2D eigenvalue weighted by Gasteiger charge is -2.12. The van der Waals surface area contributed by atoms with Crippen molar-refractivity contribution in [2.75, 3.05) is 5.32 Å². The highest BCUT2D eigenvalue weighted by Crippen LogP contribution is 2.27. The molecule has 0 saturated heterocycles. The smallest absolute Gasteiger partial charge is 0.296 e. The first-order valence-corrected chi connectivity index (χ1v) is 9.92. The van der Waals surface area contributed by atoms with Crippen molar-refractivity contribution >= 4 is 32.5 Å². The number of fused-ring (bicyclic) bond motifs is 1. The molecule has 0 aliphatic heterocycles. The lowest BCUT2D eigenvalue weighted by atomic mass is 10.1. The number of allylic oxidation sites excluding steroid dienone is 2. The van der Waals surface area contributed by atoms with Crippen LogP contribution in [0.15, 0.2) is 70.0 Å². The van der Waals surface area contributed by atoms with Gasteiger partial charge in [0.25, 0.3) is 15.7 Å². The molecule has 8 nitrogen and oxygen atoms in total. The number of carbonyl (C=O) groups excluding carboxylic acids is 1. The van der Waals surface area contributed by atoms with Crippen LogP contribution >= 0.6 is 0 Å². The Bertz CT molecular complexity index is 1320. The first-order valence-electron chi connectivity index (χ1n) is 8.48. The van der Waals surface area contributed by atoms with Gasteiger partial charge in [-0.1, -0.05) is 24.3 Å². The predicted octanol–water partition coefficient (Wildman–Crippen LogP) is 2.69. The summed E-state index contributed by atoms with van der Waals surface area (Å²) in [5, 5.41) is 13.6. The number of nitrogens with one attached hydrogen (secondary N) is 1. The number of para-hydroxylation sites is 2. The quantitative estimate of drug-likeness (QED) is 0.333. The fourth-order valence-corrected chi connectivity index (χ4v) is 3.66. The monoisotopic (exact) mass is 414 g/mol. The van der Waals surface area contributed by atoms with E-state index in [0.29, 0.717) is 10.9 Å². The molecule has 0 atom stereocenters. The molecular formula is C20H18N2O6S. The van der Waals surface area contributed by atoms with Gasteiger partial charge in [0.2, 0.25) is 0 Å². The highest BCUT2D eigenvalue weighted by Gasteiger charge is 2.20. The summed E-state index contributed by atoms with van der Waals surface area (Å²) in [5.41, 5.74) is -0.302. The molecule has 0 spiro atoms. The number of nitrogens with zero attached hydrogens (tertiary/aromatic N) is 1. The van der Waals surface area contributed by atoms with Crippen molar-refractivity contribution in [1.82, 2.24) is 4.57 Å². The average Bonchev–Trinajstić information content (AvgIpc) is 2.66. The van der Waals surface area contributed by atoms with Crippen molar-refractivity contribution in [2.24, 2.45) is 7.05 Å². The maximum atomic E-state index is 12.7. The van der Waals surface area contributed by atoms with E-state index in [-0.39, 0.29) is 16.3 Å². The van der Waals surface area contributed by atoms with Gasteiger partial charge in [0.1, 0.15) is 16.2 Å². The number of rotatable bonds is 5. The van der Waals surface area contributed by atoms with Crippen molar-refractivity contribution in [3.63, 3.8) is 0 Å². The zero-order valence-corrected chi connectivity index (χ0v) is 16.4. The van der Waals surface area contributed by atoms with E-state index in [1.165, 1.54) is 36.7 Å². The third-order valence-electron chi connectivity index (χ3n) is 4.37. The molecule has 2 aromatic carbocycles. The van der Waals surface area contributed by atoms with Gasteiger partial charge in [-0.25, -0.2) is 0 Å². The van der Waals surface area contributed by atoms with E-state index in [1.807, 2.05) is 0 Å². The first kappa shape index (κ1) is 20.3. The maximum absolute atomic E-state index is 12.7. The topological polar surface area (TPSA) is 126 Å². The van der Waals surface area contributed by atoms with E-state index in [9.17, 15) is 27.7 Å². The summed E-state index contributed by atoms with van der Waals surface area (Å²) in [5.74, 6) is -1.17. The third kappa shape index (κ3) is 3.91. The number of aromatic nitrogens is 1. The molecule has 0 saturated carbocycles. The highest BCUT2D eigenvalue weighted by molar-refractivity contribution is 7.86. The van der Waals surface area contributed by atoms with Crippen molar-refractivity contribution in [2.45, 2.75) is 11.8 Å². The normalized spacial score (nSPS) is 12.2. The molecule has 0 radical (unpaired) electrons. The van der Waals surface area contributed by atoms with Crippen LogP contribution in [0, 0.1) is 0 Å². The Hall–Kier alpha value is -3.43. The van der Waals surface area contributed by atoms with E-state index in [4.69, 9.17) is 0 Å². The fraction of sp³-hybridized carbons (Fsp3) is 0.100. The summed E-state index contributed by atoms with van der Waals surface area (Å²) in [7, 11) is -2.97. The minimum atomic E-state index is -4.47. The zero-order chi connectivity index (χ0) is 21.3. The number of hydrogen-bond acceptors (Lipinski definition) is 6. The van der Waals surface area contributed by atoms with Crippen LogP contribution in [0.3, 0.4) is 0 Å². The van der Waals surface area contributed by atoms with E-state index in [1.54, 1.807) is 30.3 Å². The minimum absolute atomic E-state index is 0.0622. The molecule has 0 aliphatic carbocycles. The Labute approximate surface area is 166 Å². The van der Waals surface area contributed by atoms with E-state index in [0.717, 1.165) is 6.08 Å². The number of aromatic hydroxyl groups is 1. The van der Waals surface area contributed by atoms with Gasteiger partial charge in [-0.3, -0.25) is 14.1 Å². The maximum Gasteiger partial charge on any atom is 0.296 e. The fourth-order valence-electron chi connectivity index (χ4n) is 3.01. The number of aryl methyl sites for hydroxylation is 1. The molecule has 3 N–H and O–H groups in total. The lowest BCUT2D eigenvalue weighted by molar-refractivity contribution is 0.104. The van der Waals surface area contributed by atoms with Crippen molar-refractivity contribution < 1.29 is 22.9 Å². The molecule has 0 bridgehead atoms. The van der Waals surface area contributed by atoms with Crippen LogP contribution in [0.25, 0.3) is 10.9 Å². The molecule has 0 fully saturated rings. The molecule has 1 aromatic heterocycles. The number of benzene rings is 2. The molecule has 0 unspecified atom stereocenters. The van der Waals surface area contributed by atoms with Gasteiger partial charge in [-0.2, -0.15) is 8.42 Å². The van der Waals surface area contributed by atoms with Crippen molar-refractivity contribution in [3.05, 3.63) is 76.2 Å². The molecular weight excluding hydrogens is 396 g/mol. The SMILES string of the molecule is CC(=CC(=O)c1c(O)c2ccccc2n(C)c1=O)Nc1ccccc1S(=O)(=O)O.